The Balaban J connectivity index is 1.67. The van der Waals surface area contributed by atoms with E-state index >= 15 is 0 Å². The molecule has 0 bridgehead atoms. The molecule has 148 valence electrons. The molecule has 29 heavy (non-hydrogen) atoms. The zero-order valence-corrected chi connectivity index (χ0v) is 16.8. The lowest BCUT2D eigenvalue weighted by Crippen LogP contribution is -2.22. The lowest BCUT2D eigenvalue weighted by Gasteiger charge is -2.10. The Hall–Kier alpha value is -3.51. The van der Waals surface area contributed by atoms with Crippen molar-refractivity contribution in [2.45, 2.75) is 17.4 Å². The van der Waals surface area contributed by atoms with Gasteiger partial charge in [0.15, 0.2) is 0 Å². The molecule has 8 nitrogen and oxygen atoms in total. The predicted octanol–water partition coefficient (Wildman–Crippen LogP) is 3.74. The molecule has 1 N–H and O–H groups in total. The zero-order valence-electron chi connectivity index (χ0n) is 16.0. The number of anilines is 1. The Morgan fingerprint density at radius 2 is 1.93 bits per heavy atom. The smallest absolute Gasteiger partial charge is 0.277 e. The van der Waals surface area contributed by atoms with E-state index in [-0.39, 0.29) is 17.0 Å². The Labute approximate surface area is 171 Å². The number of benzene rings is 2. The van der Waals surface area contributed by atoms with Crippen LogP contribution in [-0.2, 0) is 4.79 Å². The van der Waals surface area contributed by atoms with Gasteiger partial charge in [-0.05, 0) is 43.3 Å². The second kappa shape index (κ2) is 9.12. The summed E-state index contributed by atoms with van der Waals surface area (Å²) < 4.78 is 16.2. The van der Waals surface area contributed by atoms with E-state index in [0.29, 0.717) is 28.3 Å². The summed E-state index contributed by atoms with van der Waals surface area (Å²) in [5.41, 5.74) is 1.76. The maximum Gasteiger partial charge on any atom is 0.277 e. The number of ether oxygens (including phenoxy) is 2. The standard InChI is InChI=1S/C20H18N4O4S/c1-12(18(25)22-14-6-4-13(11-21)5-7-14)29-20-24-23-19(28-20)16-9-8-15(26-2)10-17(16)27-3/h4-10,12H,1-3H3,(H,22,25)/t12-/m1/s1. The maximum atomic E-state index is 12.4. The van der Waals surface area contributed by atoms with Crippen molar-refractivity contribution < 1.29 is 18.7 Å². The molecule has 3 aromatic rings. The summed E-state index contributed by atoms with van der Waals surface area (Å²) in [7, 11) is 3.11. The molecule has 0 aliphatic heterocycles. The van der Waals surface area contributed by atoms with Crippen LogP contribution in [0.3, 0.4) is 0 Å². The van der Waals surface area contributed by atoms with Crippen LogP contribution < -0.4 is 14.8 Å². The van der Waals surface area contributed by atoms with E-state index in [1.165, 1.54) is 0 Å². The molecular weight excluding hydrogens is 392 g/mol. The largest absolute Gasteiger partial charge is 0.497 e. The molecule has 3 rings (SSSR count). The molecule has 0 fully saturated rings. The van der Waals surface area contributed by atoms with Gasteiger partial charge in [-0.15, -0.1) is 10.2 Å². The second-order valence-corrected chi connectivity index (χ2v) is 7.17. The van der Waals surface area contributed by atoms with Crippen LogP contribution >= 0.6 is 11.8 Å². The van der Waals surface area contributed by atoms with Crippen molar-refractivity contribution in [2.75, 3.05) is 19.5 Å². The topological polar surface area (TPSA) is 110 Å². The van der Waals surface area contributed by atoms with Crippen molar-refractivity contribution >= 4 is 23.4 Å². The normalized spacial score (nSPS) is 11.4. The molecule has 1 atom stereocenters. The van der Waals surface area contributed by atoms with Crippen molar-refractivity contribution in [2.24, 2.45) is 0 Å². The minimum Gasteiger partial charge on any atom is -0.497 e. The van der Waals surface area contributed by atoms with Crippen molar-refractivity contribution in [1.82, 2.24) is 10.2 Å². The summed E-state index contributed by atoms with van der Waals surface area (Å²) in [6.07, 6.45) is 0. The number of carbonyl (C=O) groups is 1. The van der Waals surface area contributed by atoms with E-state index in [1.54, 1.807) is 63.6 Å². The van der Waals surface area contributed by atoms with E-state index in [0.717, 1.165) is 11.8 Å². The first-order valence-corrected chi connectivity index (χ1v) is 9.45. The molecule has 1 aromatic heterocycles. The number of methoxy groups -OCH3 is 2. The SMILES string of the molecule is COc1ccc(-c2nnc(S[C@H](C)C(=O)Nc3ccc(C#N)cc3)o2)c(OC)c1. The first-order valence-electron chi connectivity index (χ1n) is 8.57. The number of nitrogens with one attached hydrogen (secondary N) is 1. The highest BCUT2D eigenvalue weighted by molar-refractivity contribution is 8.00. The first kappa shape index (κ1) is 20.2. The highest BCUT2D eigenvalue weighted by Crippen LogP contribution is 2.34. The van der Waals surface area contributed by atoms with Gasteiger partial charge >= 0.3 is 0 Å². The minimum atomic E-state index is -0.475. The van der Waals surface area contributed by atoms with Gasteiger partial charge in [0, 0.05) is 11.8 Å². The van der Waals surface area contributed by atoms with Gasteiger partial charge in [0.1, 0.15) is 11.5 Å². The quantitative estimate of drug-likeness (QED) is 0.587. The monoisotopic (exact) mass is 410 g/mol. The number of aromatic nitrogens is 2. The van der Waals surface area contributed by atoms with E-state index < -0.39 is 5.25 Å². The third kappa shape index (κ3) is 4.86. The summed E-state index contributed by atoms with van der Waals surface area (Å²) in [4.78, 5) is 12.4. The molecule has 2 aromatic carbocycles. The maximum absolute atomic E-state index is 12.4. The third-order valence-electron chi connectivity index (χ3n) is 3.97. The fourth-order valence-corrected chi connectivity index (χ4v) is 3.10. The van der Waals surface area contributed by atoms with Gasteiger partial charge in [0.25, 0.3) is 11.1 Å². The van der Waals surface area contributed by atoms with Gasteiger partial charge < -0.3 is 19.2 Å². The lowest BCUT2D eigenvalue weighted by molar-refractivity contribution is -0.115. The predicted molar refractivity (Wildman–Crippen MR) is 108 cm³/mol. The van der Waals surface area contributed by atoms with Gasteiger partial charge in [-0.2, -0.15) is 5.26 Å². The van der Waals surface area contributed by atoms with Crippen molar-refractivity contribution in [3.63, 3.8) is 0 Å². The lowest BCUT2D eigenvalue weighted by atomic mass is 10.2. The summed E-state index contributed by atoms with van der Waals surface area (Å²) in [5.74, 6) is 1.25. The van der Waals surface area contributed by atoms with Gasteiger partial charge in [-0.25, -0.2) is 0 Å². The van der Waals surface area contributed by atoms with E-state index in [4.69, 9.17) is 19.2 Å². The fourth-order valence-electron chi connectivity index (χ4n) is 2.42. The molecule has 0 spiro atoms. The van der Waals surface area contributed by atoms with Crippen molar-refractivity contribution in [3.8, 4) is 29.0 Å². The molecule has 9 heteroatoms. The number of amides is 1. The van der Waals surface area contributed by atoms with Crippen molar-refractivity contribution in [3.05, 3.63) is 48.0 Å². The van der Waals surface area contributed by atoms with Crippen LogP contribution in [0, 0.1) is 11.3 Å². The Bertz CT molecular complexity index is 1040. The molecule has 0 saturated carbocycles. The number of carbonyl (C=O) groups excluding carboxylic acids is 1. The number of hydrogen-bond acceptors (Lipinski definition) is 8. The van der Waals surface area contributed by atoms with Crippen LogP contribution in [-0.4, -0.2) is 35.6 Å². The first-order chi connectivity index (χ1) is 14.0. The number of thioether (sulfide) groups is 1. The number of hydrogen-bond donors (Lipinski definition) is 1. The Kier molecular flexibility index (Phi) is 6.36. The Morgan fingerprint density at radius 1 is 1.17 bits per heavy atom. The third-order valence-corrected chi connectivity index (χ3v) is 4.91. The molecule has 0 aliphatic rings. The van der Waals surface area contributed by atoms with E-state index in [9.17, 15) is 4.79 Å². The average Bonchev–Trinajstić information content (AvgIpc) is 3.21. The van der Waals surface area contributed by atoms with E-state index in [1.807, 2.05) is 6.07 Å². The van der Waals surface area contributed by atoms with Crippen LogP contribution in [0.1, 0.15) is 12.5 Å². The Morgan fingerprint density at radius 3 is 2.59 bits per heavy atom. The molecule has 0 saturated heterocycles. The molecule has 1 amide bonds. The highest BCUT2D eigenvalue weighted by atomic mass is 32.2. The average molecular weight is 410 g/mol. The van der Waals surface area contributed by atoms with Crippen LogP contribution in [0.2, 0.25) is 0 Å². The number of rotatable bonds is 7. The molecule has 0 unspecified atom stereocenters. The van der Waals surface area contributed by atoms with E-state index in [2.05, 4.69) is 15.5 Å². The summed E-state index contributed by atoms with van der Waals surface area (Å²) in [5, 5.41) is 19.5. The van der Waals surface area contributed by atoms with Gasteiger partial charge in [0.05, 0.1) is 36.7 Å². The van der Waals surface area contributed by atoms with Crippen LogP contribution in [0.15, 0.2) is 52.1 Å². The molecule has 0 radical (unpaired) electrons. The molecule has 1 heterocycles. The number of nitrogens with zero attached hydrogens (tertiary/aromatic N) is 3. The van der Waals surface area contributed by atoms with Gasteiger partial charge in [-0.3, -0.25) is 4.79 Å². The highest BCUT2D eigenvalue weighted by Gasteiger charge is 2.20. The summed E-state index contributed by atoms with van der Waals surface area (Å²) in [6, 6.07) is 13.9. The second-order valence-electron chi connectivity index (χ2n) is 5.88. The van der Waals surface area contributed by atoms with Crippen LogP contribution in [0.5, 0.6) is 11.5 Å². The number of nitriles is 1. The molecular formula is C20H18N4O4S. The van der Waals surface area contributed by atoms with Crippen LogP contribution in [0.25, 0.3) is 11.5 Å². The van der Waals surface area contributed by atoms with Crippen LogP contribution in [0.4, 0.5) is 5.69 Å². The zero-order chi connectivity index (χ0) is 20.8. The molecule has 0 aliphatic carbocycles. The summed E-state index contributed by atoms with van der Waals surface area (Å²) >= 11 is 1.15. The minimum absolute atomic E-state index is 0.221. The fraction of sp³-hybridized carbons (Fsp3) is 0.200. The van der Waals surface area contributed by atoms with Crippen molar-refractivity contribution in [1.29, 1.82) is 5.26 Å². The van der Waals surface area contributed by atoms with Gasteiger partial charge in [-0.1, -0.05) is 11.8 Å². The summed E-state index contributed by atoms with van der Waals surface area (Å²) in [6.45, 7) is 1.74. The van der Waals surface area contributed by atoms with Gasteiger partial charge in [0.2, 0.25) is 5.91 Å².